The van der Waals surface area contributed by atoms with E-state index in [0.717, 1.165) is 5.57 Å². The molecule has 2 rings (SSSR count). The summed E-state index contributed by atoms with van der Waals surface area (Å²) in [5.41, 5.74) is 5.08. The van der Waals surface area contributed by atoms with E-state index in [0.29, 0.717) is 5.47 Å². The molecule has 0 aliphatic heterocycles. The van der Waals surface area contributed by atoms with Crippen molar-refractivity contribution in [3.63, 3.8) is 0 Å². The van der Waals surface area contributed by atoms with Crippen LogP contribution in [-0.4, -0.2) is 17.2 Å². The van der Waals surface area contributed by atoms with E-state index in [9.17, 15) is 10.0 Å². The molecule has 0 spiro atoms. The van der Waals surface area contributed by atoms with Crippen LogP contribution in [0.15, 0.2) is 54.0 Å². The molecule has 0 unspecified atom stereocenters. The summed E-state index contributed by atoms with van der Waals surface area (Å²) in [4.78, 5) is 0. The van der Waals surface area contributed by atoms with Crippen molar-refractivity contribution in [1.29, 1.82) is 0 Å². The quantitative estimate of drug-likeness (QED) is 0.643. The van der Waals surface area contributed by atoms with E-state index < -0.39 is 7.12 Å². The molecule has 1 aliphatic rings. The molecule has 19 heavy (non-hydrogen) atoms. The summed E-state index contributed by atoms with van der Waals surface area (Å²) < 4.78 is 0. The zero-order chi connectivity index (χ0) is 14.2. The average molecular weight is 254 g/mol. The fourth-order valence-corrected chi connectivity index (χ4v) is 2.81. The van der Waals surface area contributed by atoms with Crippen molar-refractivity contribution >= 4 is 12.7 Å². The Morgan fingerprint density at radius 3 is 2.42 bits per heavy atom. The molecule has 0 atom stereocenters. The van der Waals surface area contributed by atoms with Gasteiger partial charge in [0.1, 0.15) is 0 Å². The Morgan fingerprint density at radius 1 is 1.26 bits per heavy atom. The summed E-state index contributed by atoms with van der Waals surface area (Å²) >= 11 is 0. The normalized spacial score (nSPS) is 17.4. The van der Waals surface area contributed by atoms with Gasteiger partial charge in [0.25, 0.3) is 0 Å². The van der Waals surface area contributed by atoms with Gasteiger partial charge in [-0.05, 0) is 34.7 Å². The van der Waals surface area contributed by atoms with Gasteiger partial charge in [-0.15, -0.1) is 0 Å². The summed E-state index contributed by atoms with van der Waals surface area (Å²) in [6.07, 6.45) is 3.33. The number of fused-ring (bicyclic) bond motifs is 1. The molecule has 0 bridgehead atoms. The van der Waals surface area contributed by atoms with E-state index in [1.54, 1.807) is 0 Å². The van der Waals surface area contributed by atoms with Gasteiger partial charge in [0.15, 0.2) is 0 Å². The summed E-state index contributed by atoms with van der Waals surface area (Å²) in [6.45, 7) is 10.0. The highest BCUT2D eigenvalue weighted by Gasteiger charge is 2.35. The Kier molecular flexibility index (Phi) is 3.53. The van der Waals surface area contributed by atoms with E-state index in [1.807, 2.05) is 18.2 Å². The predicted octanol–water partition coefficient (Wildman–Crippen LogP) is 2.88. The highest BCUT2D eigenvalue weighted by molar-refractivity contribution is 6.51. The van der Waals surface area contributed by atoms with Crippen molar-refractivity contribution in [1.82, 2.24) is 0 Å². The van der Waals surface area contributed by atoms with Crippen LogP contribution in [0.3, 0.4) is 0 Å². The Labute approximate surface area is 114 Å². The number of hydrogen-bond acceptors (Lipinski definition) is 2. The number of benzene rings is 1. The minimum absolute atomic E-state index is 0.135. The van der Waals surface area contributed by atoms with Gasteiger partial charge in [0, 0.05) is 5.41 Å². The third-order valence-corrected chi connectivity index (χ3v) is 3.93. The van der Waals surface area contributed by atoms with Crippen LogP contribution in [0, 0.1) is 0 Å². The van der Waals surface area contributed by atoms with Crippen molar-refractivity contribution in [2.45, 2.75) is 26.2 Å². The second-order valence-corrected chi connectivity index (χ2v) is 5.43. The van der Waals surface area contributed by atoms with Crippen LogP contribution in [0.4, 0.5) is 0 Å². The van der Waals surface area contributed by atoms with Crippen molar-refractivity contribution in [3.05, 3.63) is 65.2 Å². The van der Waals surface area contributed by atoms with Crippen molar-refractivity contribution in [3.8, 4) is 0 Å². The smallest absolute Gasteiger partial charge is 0.423 e. The van der Waals surface area contributed by atoms with Crippen molar-refractivity contribution in [2.24, 2.45) is 0 Å². The van der Waals surface area contributed by atoms with Gasteiger partial charge in [-0.2, -0.15) is 0 Å². The molecule has 0 saturated carbocycles. The van der Waals surface area contributed by atoms with E-state index in [4.69, 9.17) is 0 Å². The molecule has 0 radical (unpaired) electrons. The van der Waals surface area contributed by atoms with Crippen LogP contribution in [0.2, 0.25) is 0 Å². The van der Waals surface area contributed by atoms with Crippen LogP contribution >= 0.6 is 0 Å². The topological polar surface area (TPSA) is 40.5 Å². The highest BCUT2D eigenvalue weighted by Crippen LogP contribution is 2.46. The molecule has 98 valence electrons. The molecular weight excluding hydrogens is 235 g/mol. The maximum Gasteiger partial charge on any atom is 0.488 e. The standard InChI is InChI=1S/C16H19BO2/c1-5-12(17(18)19)10-15-11(2)13-8-6-7-9-14(13)16(15,3)4/h5-10,18-19H,1H2,2-4H3/b12-10+. The second-order valence-electron chi connectivity index (χ2n) is 5.43. The van der Waals surface area contributed by atoms with Gasteiger partial charge >= 0.3 is 7.12 Å². The first-order valence-electron chi connectivity index (χ1n) is 6.41. The van der Waals surface area contributed by atoms with Crippen molar-refractivity contribution < 1.29 is 10.0 Å². The number of allylic oxidation sites excluding steroid dienone is 5. The summed E-state index contributed by atoms with van der Waals surface area (Å²) in [7, 11) is -1.49. The zero-order valence-electron chi connectivity index (χ0n) is 11.6. The lowest BCUT2D eigenvalue weighted by Gasteiger charge is -2.23. The molecule has 3 heteroatoms. The number of hydrogen-bond donors (Lipinski definition) is 2. The maximum atomic E-state index is 9.34. The first-order chi connectivity index (χ1) is 8.89. The lowest BCUT2D eigenvalue weighted by Crippen LogP contribution is -2.19. The fourth-order valence-electron chi connectivity index (χ4n) is 2.81. The first kappa shape index (κ1) is 13.8. The molecule has 0 aromatic heterocycles. The van der Waals surface area contributed by atoms with Crippen molar-refractivity contribution in [2.75, 3.05) is 0 Å². The fraction of sp³-hybridized carbons (Fsp3) is 0.250. The zero-order valence-corrected chi connectivity index (χ0v) is 11.6. The Balaban J connectivity index is 2.60. The van der Waals surface area contributed by atoms with Crippen LogP contribution < -0.4 is 0 Å². The molecule has 2 N–H and O–H groups in total. The number of rotatable bonds is 3. The van der Waals surface area contributed by atoms with Gasteiger partial charge in [-0.1, -0.05) is 56.8 Å². The van der Waals surface area contributed by atoms with Gasteiger partial charge in [-0.3, -0.25) is 0 Å². The minimum Gasteiger partial charge on any atom is -0.423 e. The van der Waals surface area contributed by atoms with E-state index in [2.05, 4.69) is 39.5 Å². The van der Waals surface area contributed by atoms with E-state index in [1.165, 1.54) is 22.8 Å². The van der Waals surface area contributed by atoms with Gasteiger partial charge in [-0.25, -0.2) is 0 Å². The Morgan fingerprint density at radius 2 is 1.89 bits per heavy atom. The van der Waals surface area contributed by atoms with Gasteiger partial charge < -0.3 is 10.0 Å². The third kappa shape index (κ3) is 2.20. The predicted molar refractivity (Wildman–Crippen MR) is 80.5 cm³/mol. The average Bonchev–Trinajstić information content (AvgIpc) is 2.56. The first-order valence-corrected chi connectivity index (χ1v) is 6.41. The molecule has 0 heterocycles. The monoisotopic (exact) mass is 254 g/mol. The highest BCUT2D eigenvalue weighted by atomic mass is 16.4. The lowest BCUT2D eigenvalue weighted by molar-refractivity contribution is 0.420. The lowest BCUT2D eigenvalue weighted by atomic mass is 9.74. The van der Waals surface area contributed by atoms with E-state index >= 15 is 0 Å². The molecule has 0 saturated heterocycles. The van der Waals surface area contributed by atoms with Gasteiger partial charge in [0.2, 0.25) is 0 Å². The Bertz CT molecular complexity index is 580. The van der Waals surface area contributed by atoms with Crippen LogP contribution in [-0.2, 0) is 5.41 Å². The summed E-state index contributed by atoms with van der Waals surface area (Å²) in [6, 6.07) is 8.30. The molecule has 1 aliphatic carbocycles. The molecule has 2 nitrogen and oxygen atoms in total. The summed E-state index contributed by atoms with van der Waals surface area (Å²) in [5.74, 6) is 0. The maximum absolute atomic E-state index is 9.34. The van der Waals surface area contributed by atoms with E-state index in [-0.39, 0.29) is 5.41 Å². The Hall–Kier alpha value is -1.58. The minimum atomic E-state index is -1.49. The third-order valence-electron chi connectivity index (χ3n) is 3.93. The molecule has 1 aromatic rings. The largest absolute Gasteiger partial charge is 0.488 e. The summed E-state index contributed by atoms with van der Waals surface area (Å²) in [5, 5.41) is 18.7. The second kappa shape index (κ2) is 4.84. The van der Waals surface area contributed by atoms with Crippen LogP contribution in [0.25, 0.3) is 5.57 Å². The SMILES string of the molecule is C=C/C(=C\C1=C(C)c2ccccc2C1(C)C)B(O)O. The molecule has 1 aromatic carbocycles. The van der Waals surface area contributed by atoms with Crippen LogP contribution in [0.1, 0.15) is 31.9 Å². The van der Waals surface area contributed by atoms with Gasteiger partial charge in [0.05, 0.1) is 0 Å². The molecular formula is C16H19BO2. The molecule has 0 amide bonds. The van der Waals surface area contributed by atoms with Crippen LogP contribution in [0.5, 0.6) is 0 Å². The molecule has 0 fully saturated rings.